The highest BCUT2D eigenvalue weighted by Gasteiger charge is 2.25. The van der Waals surface area contributed by atoms with E-state index in [4.69, 9.17) is 9.47 Å². The van der Waals surface area contributed by atoms with E-state index < -0.39 is 6.10 Å². The highest BCUT2D eigenvalue weighted by molar-refractivity contribution is 5.42. The zero-order valence-corrected chi connectivity index (χ0v) is 32.8. The van der Waals surface area contributed by atoms with Crippen LogP contribution in [0, 0.1) is 17.8 Å². The third kappa shape index (κ3) is 13.0. The molecule has 51 heavy (non-hydrogen) atoms. The van der Waals surface area contributed by atoms with Crippen molar-refractivity contribution in [2.45, 2.75) is 112 Å². The van der Waals surface area contributed by atoms with Crippen molar-refractivity contribution >= 4 is 0 Å². The summed E-state index contributed by atoms with van der Waals surface area (Å²) in [6.45, 7) is 23.0. The van der Waals surface area contributed by atoms with E-state index in [0.29, 0.717) is 18.5 Å². The minimum atomic E-state index is -0.455. The molecule has 4 aromatic carbocycles. The smallest absolute Gasteiger partial charge is 0.119 e. The van der Waals surface area contributed by atoms with Crippen LogP contribution in [0.1, 0.15) is 110 Å². The molecule has 1 aliphatic heterocycles. The fourth-order valence-corrected chi connectivity index (χ4v) is 5.55. The number of aliphatic hydroxyl groups is 1. The Hall–Kier alpha value is -3.80. The van der Waals surface area contributed by atoms with Gasteiger partial charge in [-0.05, 0) is 94.8 Å². The van der Waals surface area contributed by atoms with Gasteiger partial charge in [0.25, 0.3) is 0 Å². The Bertz CT molecular complexity index is 1550. The number of aryl methyl sites for hydroxylation is 1. The Kier molecular flexibility index (Phi) is 15.6. The van der Waals surface area contributed by atoms with E-state index in [1.54, 1.807) is 24.3 Å². The van der Waals surface area contributed by atoms with E-state index in [1.807, 2.05) is 62.4 Å². The molecule has 0 amide bonds. The molecule has 3 N–H and O–H groups in total. The van der Waals surface area contributed by atoms with Crippen molar-refractivity contribution in [3.8, 4) is 17.2 Å². The second-order valence-electron chi connectivity index (χ2n) is 15.8. The first-order valence-electron chi connectivity index (χ1n) is 18.8. The average Bonchev–Trinajstić information content (AvgIpc) is 3.95. The first-order valence-corrected chi connectivity index (χ1v) is 18.8. The number of aliphatic hydroxyl groups excluding tert-OH is 1. The molecule has 5 nitrogen and oxygen atoms in total. The maximum absolute atomic E-state index is 9.80. The van der Waals surface area contributed by atoms with Gasteiger partial charge in [0.1, 0.15) is 23.9 Å². The van der Waals surface area contributed by atoms with E-state index >= 15 is 0 Å². The first kappa shape index (κ1) is 41.6. The van der Waals surface area contributed by atoms with Crippen molar-refractivity contribution in [3.63, 3.8) is 0 Å². The molecule has 0 bridgehead atoms. The minimum Gasteiger partial charge on any atom is -0.508 e. The number of ether oxygens (including phenoxy) is 2. The number of benzene rings is 4. The number of rotatable bonds is 13. The Morgan fingerprint density at radius 3 is 1.37 bits per heavy atom. The van der Waals surface area contributed by atoms with Crippen LogP contribution in [0.2, 0.25) is 0 Å². The molecule has 5 heteroatoms. The molecule has 1 saturated heterocycles. The molecule has 0 saturated carbocycles. The predicted octanol–water partition coefficient (Wildman–Crippen LogP) is 10.9. The number of hydrogen-bond donors (Lipinski definition) is 3. The SMILES string of the molecule is CC(C)(c1ccc(O)cc1)c1ccc(CCC2CO2)cc1.CC(C)C(O)COc1ccc(C(C)(C)c2ccc(O)cc2)cc1.CCC(C)C(C)C. The fourth-order valence-electron chi connectivity index (χ4n) is 5.55. The van der Waals surface area contributed by atoms with E-state index in [2.05, 4.69) is 79.7 Å². The molecule has 3 unspecified atom stereocenters. The number of hydrogen-bond acceptors (Lipinski definition) is 5. The summed E-state index contributed by atoms with van der Waals surface area (Å²) in [5.41, 5.74) is 5.95. The normalized spacial score (nSPS) is 15.3. The summed E-state index contributed by atoms with van der Waals surface area (Å²) in [7, 11) is 0. The highest BCUT2D eigenvalue weighted by Crippen LogP contribution is 2.34. The van der Waals surface area contributed by atoms with Gasteiger partial charge < -0.3 is 24.8 Å². The van der Waals surface area contributed by atoms with Crippen molar-refractivity contribution < 1.29 is 24.8 Å². The van der Waals surface area contributed by atoms with Crippen LogP contribution >= 0.6 is 0 Å². The van der Waals surface area contributed by atoms with Crippen LogP contribution in [0.25, 0.3) is 0 Å². The standard InChI is InChI=1S/C20H26O3.C19H22O2.C7H16/c1-14(2)19(22)13-23-18-11-7-16(8-12-18)20(3,4)15-5-9-17(21)10-6-15;1-19(2,16-8-10-17(20)11-9-16)15-6-3-14(4-7-15)5-12-18-13-21-18;1-5-7(4)6(2)3/h5-12,14,19,21-22H,13H2,1-4H3;3-4,6-11,18,20H,5,12-13H2,1-2H3;6-7H,5H2,1-4H3. The van der Waals surface area contributed by atoms with Gasteiger partial charge in [-0.15, -0.1) is 0 Å². The van der Waals surface area contributed by atoms with Gasteiger partial charge in [-0.25, -0.2) is 0 Å². The Morgan fingerprint density at radius 1 is 0.647 bits per heavy atom. The Labute approximate surface area is 308 Å². The molecule has 1 heterocycles. The summed E-state index contributed by atoms with van der Waals surface area (Å²) < 4.78 is 10.9. The summed E-state index contributed by atoms with van der Waals surface area (Å²) in [6, 6.07) is 31.6. The van der Waals surface area contributed by atoms with Gasteiger partial charge in [-0.1, -0.05) is 136 Å². The topological polar surface area (TPSA) is 82.5 Å². The van der Waals surface area contributed by atoms with Crippen molar-refractivity contribution in [1.29, 1.82) is 0 Å². The van der Waals surface area contributed by atoms with Gasteiger partial charge >= 0.3 is 0 Å². The minimum absolute atomic E-state index is 0.0637. The summed E-state index contributed by atoms with van der Waals surface area (Å²) in [4.78, 5) is 0. The van der Waals surface area contributed by atoms with Crippen LogP contribution in [-0.2, 0) is 22.0 Å². The van der Waals surface area contributed by atoms with Crippen molar-refractivity contribution in [3.05, 3.63) is 125 Å². The maximum atomic E-state index is 9.80. The lowest BCUT2D eigenvalue weighted by Crippen LogP contribution is -2.23. The third-order valence-electron chi connectivity index (χ3n) is 10.6. The van der Waals surface area contributed by atoms with Crippen LogP contribution in [0.15, 0.2) is 97.1 Å². The lowest BCUT2D eigenvalue weighted by atomic mass is 9.78. The zero-order valence-electron chi connectivity index (χ0n) is 32.8. The van der Waals surface area contributed by atoms with Crippen LogP contribution in [0.3, 0.4) is 0 Å². The number of phenolic OH excluding ortho intramolecular Hbond substituents is 2. The van der Waals surface area contributed by atoms with Gasteiger partial charge in [-0.2, -0.15) is 0 Å². The van der Waals surface area contributed by atoms with E-state index in [0.717, 1.165) is 42.6 Å². The van der Waals surface area contributed by atoms with E-state index in [1.165, 1.54) is 28.7 Å². The predicted molar refractivity (Wildman–Crippen MR) is 212 cm³/mol. The van der Waals surface area contributed by atoms with Crippen LogP contribution in [0.4, 0.5) is 0 Å². The number of epoxide rings is 1. The lowest BCUT2D eigenvalue weighted by Gasteiger charge is -2.26. The molecule has 0 aromatic heterocycles. The number of aromatic hydroxyl groups is 2. The second-order valence-corrected chi connectivity index (χ2v) is 15.8. The molecular weight excluding hydrogens is 633 g/mol. The average molecular weight is 697 g/mol. The van der Waals surface area contributed by atoms with E-state index in [9.17, 15) is 15.3 Å². The van der Waals surface area contributed by atoms with Crippen LogP contribution in [-0.4, -0.2) is 40.7 Å². The number of phenols is 2. The molecule has 0 radical (unpaired) electrons. The zero-order chi connectivity index (χ0) is 37.8. The summed E-state index contributed by atoms with van der Waals surface area (Å²) in [6.07, 6.45) is 3.57. The highest BCUT2D eigenvalue weighted by atomic mass is 16.6. The van der Waals surface area contributed by atoms with Crippen molar-refractivity contribution in [2.75, 3.05) is 13.2 Å². The lowest BCUT2D eigenvalue weighted by molar-refractivity contribution is 0.0701. The van der Waals surface area contributed by atoms with Crippen LogP contribution in [0.5, 0.6) is 17.2 Å². The molecule has 5 rings (SSSR count). The van der Waals surface area contributed by atoms with Gasteiger partial charge in [0, 0.05) is 10.8 Å². The molecule has 0 aliphatic carbocycles. The summed E-state index contributed by atoms with van der Waals surface area (Å²) in [5, 5.41) is 28.7. The van der Waals surface area contributed by atoms with E-state index in [-0.39, 0.29) is 22.5 Å². The molecule has 278 valence electrons. The molecule has 4 aromatic rings. The first-order chi connectivity index (χ1) is 24.0. The summed E-state index contributed by atoms with van der Waals surface area (Å²) in [5.74, 6) is 3.30. The molecule has 1 fully saturated rings. The largest absolute Gasteiger partial charge is 0.508 e. The van der Waals surface area contributed by atoms with Crippen molar-refractivity contribution in [1.82, 2.24) is 0 Å². The fraction of sp³-hybridized carbons (Fsp3) is 0.478. The van der Waals surface area contributed by atoms with Gasteiger partial charge in [0.2, 0.25) is 0 Å². The quantitative estimate of drug-likeness (QED) is 0.121. The van der Waals surface area contributed by atoms with Gasteiger partial charge in [0.05, 0.1) is 18.8 Å². The monoisotopic (exact) mass is 696 g/mol. The molecule has 3 atom stereocenters. The third-order valence-corrected chi connectivity index (χ3v) is 10.6. The molecular formula is C46H64O5. The Morgan fingerprint density at radius 2 is 1.04 bits per heavy atom. The molecule has 1 aliphatic rings. The molecule has 0 spiro atoms. The second kappa shape index (κ2) is 19.2. The van der Waals surface area contributed by atoms with Crippen molar-refractivity contribution in [2.24, 2.45) is 17.8 Å². The Balaban J connectivity index is 0.000000233. The van der Waals surface area contributed by atoms with Gasteiger partial charge in [0.15, 0.2) is 0 Å². The summed E-state index contributed by atoms with van der Waals surface area (Å²) >= 11 is 0. The maximum Gasteiger partial charge on any atom is 0.119 e. The van der Waals surface area contributed by atoms with Gasteiger partial charge in [-0.3, -0.25) is 0 Å². The van der Waals surface area contributed by atoms with Crippen LogP contribution < -0.4 is 4.74 Å².